The minimum absolute atomic E-state index is 0.0386. The maximum absolute atomic E-state index is 10.6. The summed E-state index contributed by atoms with van der Waals surface area (Å²) in [6, 6.07) is 7.35. The van der Waals surface area contributed by atoms with Gasteiger partial charge in [-0.2, -0.15) is 0 Å². The minimum atomic E-state index is -1.30. The molecule has 0 bridgehead atoms. The van der Waals surface area contributed by atoms with Gasteiger partial charge in [-0.1, -0.05) is 17.7 Å². The fourth-order valence-corrected chi connectivity index (χ4v) is 1.16. The largest absolute Gasteiger partial charge is 0.483 e. The van der Waals surface area contributed by atoms with Gasteiger partial charge in [0.2, 0.25) is 0 Å². The highest BCUT2D eigenvalue weighted by Crippen LogP contribution is 2.28. The molecule has 5 nitrogen and oxygen atoms in total. The predicted octanol–water partition coefficient (Wildman–Crippen LogP) is 1.38. The van der Waals surface area contributed by atoms with Crippen LogP contribution in [0.1, 0.15) is 5.56 Å². The van der Waals surface area contributed by atoms with Crippen LogP contribution in [-0.4, -0.2) is 23.9 Å². The standard InChI is InChI=1S/C10H11NO4/c1-8-2-4-9(5-3-8)14-6-10(7-15-10)11(12)13/h2-5H,6-7H2,1H3. The summed E-state index contributed by atoms with van der Waals surface area (Å²) in [5.74, 6) is 0.623. The molecule has 0 radical (unpaired) electrons. The quantitative estimate of drug-likeness (QED) is 0.427. The third-order valence-electron chi connectivity index (χ3n) is 2.30. The maximum atomic E-state index is 10.6. The lowest BCUT2D eigenvalue weighted by Crippen LogP contribution is -2.30. The predicted molar refractivity (Wildman–Crippen MR) is 52.4 cm³/mol. The zero-order chi connectivity index (χ0) is 10.9. The Kier molecular flexibility index (Phi) is 2.32. The Morgan fingerprint density at radius 1 is 1.53 bits per heavy atom. The fourth-order valence-electron chi connectivity index (χ4n) is 1.16. The van der Waals surface area contributed by atoms with Crippen LogP contribution in [0.4, 0.5) is 0 Å². The van der Waals surface area contributed by atoms with Crippen molar-refractivity contribution >= 4 is 0 Å². The molecular weight excluding hydrogens is 198 g/mol. The van der Waals surface area contributed by atoms with Gasteiger partial charge < -0.3 is 4.74 Å². The van der Waals surface area contributed by atoms with Gasteiger partial charge in [0.25, 0.3) is 0 Å². The second-order valence-corrected chi connectivity index (χ2v) is 3.59. The molecule has 1 saturated heterocycles. The van der Waals surface area contributed by atoms with Crippen LogP contribution in [0.3, 0.4) is 0 Å². The Balaban J connectivity index is 1.94. The first-order chi connectivity index (χ1) is 7.12. The van der Waals surface area contributed by atoms with Gasteiger partial charge in [-0.25, -0.2) is 0 Å². The molecule has 2 rings (SSSR count). The molecule has 0 amide bonds. The first-order valence-electron chi connectivity index (χ1n) is 4.60. The molecule has 0 N–H and O–H groups in total. The highest BCUT2D eigenvalue weighted by atomic mass is 16.7. The Morgan fingerprint density at radius 2 is 2.13 bits per heavy atom. The van der Waals surface area contributed by atoms with Crippen molar-refractivity contribution in [2.24, 2.45) is 0 Å². The average Bonchev–Trinajstić information content (AvgIpc) is 2.98. The average molecular weight is 209 g/mol. The van der Waals surface area contributed by atoms with Crippen molar-refractivity contribution in [1.29, 1.82) is 0 Å². The lowest BCUT2D eigenvalue weighted by molar-refractivity contribution is -0.564. The maximum Gasteiger partial charge on any atom is 0.382 e. The summed E-state index contributed by atoms with van der Waals surface area (Å²) >= 11 is 0. The number of rotatable bonds is 4. The van der Waals surface area contributed by atoms with E-state index in [0.29, 0.717) is 5.75 Å². The normalized spacial score (nSPS) is 23.5. The van der Waals surface area contributed by atoms with Crippen molar-refractivity contribution in [1.82, 2.24) is 0 Å². The van der Waals surface area contributed by atoms with E-state index in [2.05, 4.69) is 0 Å². The van der Waals surface area contributed by atoms with Crippen LogP contribution in [0, 0.1) is 17.0 Å². The fraction of sp³-hybridized carbons (Fsp3) is 0.400. The molecule has 1 aliphatic rings. The molecule has 1 atom stereocenters. The van der Waals surface area contributed by atoms with Crippen LogP contribution in [-0.2, 0) is 4.74 Å². The first-order valence-corrected chi connectivity index (χ1v) is 4.60. The number of hydrogen-bond donors (Lipinski definition) is 0. The molecule has 0 aliphatic carbocycles. The van der Waals surface area contributed by atoms with Gasteiger partial charge >= 0.3 is 5.72 Å². The monoisotopic (exact) mass is 209 g/mol. The van der Waals surface area contributed by atoms with Gasteiger partial charge in [0.15, 0.2) is 13.2 Å². The van der Waals surface area contributed by atoms with Gasteiger partial charge in [-0.3, -0.25) is 14.9 Å². The lowest BCUT2D eigenvalue weighted by Gasteiger charge is -2.07. The van der Waals surface area contributed by atoms with Gasteiger partial charge in [0, 0.05) is 0 Å². The molecule has 0 spiro atoms. The van der Waals surface area contributed by atoms with Crippen LogP contribution in [0.15, 0.2) is 24.3 Å². The van der Waals surface area contributed by atoms with Crippen molar-refractivity contribution in [3.63, 3.8) is 0 Å². The highest BCUT2D eigenvalue weighted by Gasteiger charge is 2.59. The number of benzene rings is 1. The van der Waals surface area contributed by atoms with Crippen LogP contribution >= 0.6 is 0 Å². The van der Waals surface area contributed by atoms with E-state index in [4.69, 9.17) is 9.47 Å². The summed E-state index contributed by atoms with van der Waals surface area (Å²) in [6.45, 7) is 2.06. The van der Waals surface area contributed by atoms with E-state index in [1.165, 1.54) is 0 Å². The number of nitro groups is 1. The molecule has 1 aromatic carbocycles. The number of nitrogens with zero attached hydrogens (tertiary/aromatic N) is 1. The van der Waals surface area contributed by atoms with Crippen LogP contribution in [0.25, 0.3) is 0 Å². The first kappa shape index (κ1) is 9.92. The van der Waals surface area contributed by atoms with Crippen LogP contribution in [0.5, 0.6) is 5.75 Å². The number of aryl methyl sites for hydroxylation is 1. The van der Waals surface area contributed by atoms with Crippen molar-refractivity contribution in [2.45, 2.75) is 12.6 Å². The molecule has 0 saturated carbocycles. The van der Waals surface area contributed by atoms with E-state index in [9.17, 15) is 10.1 Å². The van der Waals surface area contributed by atoms with Gasteiger partial charge in [-0.05, 0) is 19.1 Å². The molecule has 80 valence electrons. The topological polar surface area (TPSA) is 64.9 Å². The molecule has 1 aliphatic heterocycles. The Morgan fingerprint density at radius 3 is 2.60 bits per heavy atom. The molecule has 5 heteroatoms. The highest BCUT2D eigenvalue weighted by molar-refractivity contribution is 5.26. The molecular formula is C10H11NO4. The minimum Gasteiger partial charge on any atom is -0.483 e. The van der Waals surface area contributed by atoms with Crippen molar-refractivity contribution in [3.8, 4) is 5.75 Å². The number of ether oxygens (including phenoxy) is 2. The molecule has 1 unspecified atom stereocenters. The summed E-state index contributed by atoms with van der Waals surface area (Å²) in [7, 11) is 0. The lowest BCUT2D eigenvalue weighted by atomic mass is 10.2. The molecule has 15 heavy (non-hydrogen) atoms. The second kappa shape index (κ2) is 3.51. The summed E-state index contributed by atoms with van der Waals surface area (Å²) < 4.78 is 10.1. The summed E-state index contributed by atoms with van der Waals surface area (Å²) in [6.07, 6.45) is 0. The smallest absolute Gasteiger partial charge is 0.382 e. The van der Waals surface area contributed by atoms with Gasteiger partial charge in [0.1, 0.15) is 5.75 Å². The Bertz CT molecular complexity index is 370. The van der Waals surface area contributed by atoms with Gasteiger partial charge in [-0.15, -0.1) is 0 Å². The van der Waals surface area contributed by atoms with E-state index in [0.717, 1.165) is 5.56 Å². The number of hydrogen-bond acceptors (Lipinski definition) is 4. The summed E-state index contributed by atoms with van der Waals surface area (Å²) in [5, 5.41) is 10.6. The van der Waals surface area contributed by atoms with Crippen molar-refractivity contribution < 1.29 is 14.4 Å². The van der Waals surface area contributed by atoms with Crippen molar-refractivity contribution in [2.75, 3.05) is 13.2 Å². The summed E-state index contributed by atoms with van der Waals surface area (Å²) in [4.78, 5) is 10.1. The van der Waals surface area contributed by atoms with E-state index in [-0.39, 0.29) is 13.2 Å². The third kappa shape index (κ3) is 2.07. The zero-order valence-corrected chi connectivity index (χ0v) is 8.30. The van der Waals surface area contributed by atoms with E-state index in [1.807, 2.05) is 19.1 Å². The van der Waals surface area contributed by atoms with Crippen molar-refractivity contribution in [3.05, 3.63) is 39.9 Å². The third-order valence-corrected chi connectivity index (χ3v) is 2.30. The molecule has 0 aromatic heterocycles. The SMILES string of the molecule is Cc1ccc(OCC2([N+](=O)[O-])CO2)cc1. The Labute approximate surface area is 86.8 Å². The number of epoxide rings is 1. The zero-order valence-electron chi connectivity index (χ0n) is 8.30. The van der Waals surface area contributed by atoms with Crippen LogP contribution in [0.2, 0.25) is 0 Å². The van der Waals surface area contributed by atoms with E-state index < -0.39 is 10.6 Å². The molecule has 1 fully saturated rings. The molecule has 1 heterocycles. The summed E-state index contributed by atoms with van der Waals surface area (Å²) in [5.41, 5.74) is -0.181. The van der Waals surface area contributed by atoms with Gasteiger partial charge in [0.05, 0.1) is 4.92 Å². The Hall–Kier alpha value is -1.62. The second-order valence-electron chi connectivity index (χ2n) is 3.59. The van der Waals surface area contributed by atoms with Crippen LogP contribution < -0.4 is 4.74 Å². The van der Waals surface area contributed by atoms with E-state index in [1.54, 1.807) is 12.1 Å². The van der Waals surface area contributed by atoms with E-state index >= 15 is 0 Å². The molecule has 1 aromatic rings.